The largest absolute Gasteiger partial charge is 0.507 e. The number of aliphatic hydroxyl groups is 1. The fraction of sp³-hybridized carbons (Fsp3) is 0.179. The van der Waals surface area contributed by atoms with E-state index in [4.69, 9.17) is 21.1 Å². The number of pyridine rings is 1. The topological polar surface area (TPSA) is 89.0 Å². The van der Waals surface area contributed by atoms with Gasteiger partial charge in [-0.25, -0.2) is 0 Å². The van der Waals surface area contributed by atoms with Crippen LogP contribution in [0.4, 0.5) is 0 Å². The molecule has 0 aliphatic carbocycles. The van der Waals surface area contributed by atoms with Crippen LogP contribution in [0.2, 0.25) is 5.02 Å². The molecule has 2 aromatic carbocycles. The first-order chi connectivity index (χ1) is 17.4. The number of hydrogen-bond donors (Lipinski definition) is 1. The first kappa shape index (κ1) is 25.0. The molecule has 1 aliphatic heterocycles. The highest BCUT2D eigenvalue weighted by Crippen LogP contribution is 2.42. The molecule has 2 heterocycles. The van der Waals surface area contributed by atoms with Crippen molar-refractivity contribution in [2.45, 2.75) is 19.5 Å². The summed E-state index contributed by atoms with van der Waals surface area (Å²) in [6, 6.07) is 14.3. The van der Waals surface area contributed by atoms with E-state index >= 15 is 0 Å². The summed E-state index contributed by atoms with van der Waals surface area (Å²) < 4.78 is 11.5. The first-order valence-electron chi connectivity index (χ1n) is 11.4. The Morgan fingerprint density at radius 1 is 1.08 bits per heavy atom. The van der Waals surface area contributed by atoms with Crippen LogP contribution < -0.4 is 9.47 Å². The van der Waals surface area contributed by atoms with E-state index in [1.807, 2.05) is 6.92 Å². The Kier molecular flexibility index (Phi) is 7.71. The van der Waals surface area contributed by atoms with Gasteiger partial charge in [0.25, 0.3) is 11.7 Å². The van der Waals surface area contributed by atoms with E-state index in [1.165, 1.54) is 4.90 Å². The van der Waals surface area contributed by atoms with Crippen molar-refractivity contribution in [3.8, 4) is 11.5 Å². The summed E-state index contributed by atoms with van der Waals surface area (Å²) in [5.74, 6) is -0.803. The minimum atomic E-state index is -0.860. The zero-order valence-corrected chi connectivity index (χ0v) is 20.4. The summed E-state index contributed by atoms with van der Waals surface area (Å²) in [7, 11) is 0. The normalized spacial score (nSPS) is 16.7. The van der Waals surface area contributed by atoms with Crippen molar-refractivity contribution in [2.24, 2.45) is 0 Å². The molecule has 1 saturated heterocycles. The van der Waals surface area contributed by atoms with E-state index in [9.17, 15) is 14.7 Å². The van der Waals surface area contributed by atoms with E-state index in [0.717, 1.165) is 5.56 Å². The molecule has 0 bridgehead atoms. The van der Waals surface area contributed by atoms with Crippen LogP contribution in [0.15, 0.2) is 85.2 Å². The molecule has 1 fully saturated rings. The van der Waals surface area contributed by atoms with E-state index in [-0.39, 0.29) is 24.5 Å². The summed E-state index contributed by atoms with van der Waals surface area (Å²) in [4.78, 5) is 32.0. The number of aliphatic hydroxyl groups excluding tert-OH is 1. The number of aromatic nitrogens is 1. The Labute approximate surface area is 214 Å². The molecule has 0 spiro atoms. The number of carbonyl (C=O) groups is 2. The van der Waals surface area contributed by atoms with E-state index in [0.29, 0.717) is 34.3 Å². The lowest BCUT2D eigenvalue weighted by atomic mass is 9.95. The third-order valence-electron chi connectivity index (χ3n) is 5.70. The maximum atomic E-state index is 13.3. The van der Waals surface area contributed by atoms with Crippen molar-refractivity contribution in [1.29, 1.82) is 0 Å². The summed E-state index contributed by atoms with van der Waals surface area (Å²) >= 11 is 6.00. The van der Waals surface area contributed by atoms with Crippen molar-refractivity contribution in [3.63, 3.8) is 0 Å². The number of likely N-dealkylation sites (tertiary alicyclic amines) is 1. The molecule has 1 N–H and O–H groups in total. The fourth-order valence-corrected chi connectivity index (χ4v) is 4.19. The summed E-state index contributed by atoms with van der Waals surface area (Å²) in [6.45, 7) is 6.33. The summed E-state index contributed by atoms with van der Waals surface area (Å²) in [6.07, 6.45) is 4.86. The first-order valence-corrected chi connectivity index (χ1v) is 11.8. The third-order valence-corrected chi connectivity index (χ3v) is 5.95. The molecular weight excluding hydrogens is 480 g/mol. The van der Waals surface area contributed by atoms with E-state index in [2.05, 4.69) is 11.6 Å². The number of hydrogen-bond acceptors (Lipinski definition) is 6. The maximum Gasteiger partial charge on any atom is 0.295 e. The van der Waals surface area contributed by atoms with Crippen molar-refractivity contribution in [3.05, 3.63) is 107 Å². The zero-order chi connectivity index (χ0) is 25.7. The molecule has 0 radical (unpaired) electrons. The Morgan fingerprint density at radius 3 is 2.47 bits per heavy atom. The minimum absolute atomic E-state index is 0.0152. The predicted molar refractivity (Wildman–Crippen MR) is 137 cm³/mol. The molecule has 184 valence electrons. The number of rotatable bonds is 9. The van der Waals surface area contributed by atoms with Crippen molar-refractivity contribution < 1.29 is 24.2 Å². The number of amides is 1. The average molecular weight is 505 g/mol. The van der Waals surface area contributed by atoms with Gasteiger partial charge in [0.15, 0.2) is 11.5 Å². The molecule has 7 nitrogen and oxygen atoms in total. The molecule has 8 heteroatoms. The molecule has 1 aliphatic rings. The predicted octanol–water partition coefficient (Wildman–Crippen LogP) is 5.32. The number of carbonyl (C=O) groups excluding carboxylic acids is 2. The highest BCUT2D eigenvalue weighted by atomic mass is 35.5. The van der Waals surface area contributed by atoms with Gasteiger partial charge in [-0.1, -0.05) is 30.3 Å². The highest BCUT2D eigenvalue weighted by Gasteiger charge is 2.46. The second-order valence-corrected chi connectivity index (χ2v) is 8.46. The Bertz CT molecular complexity index is 1310. The number of nitrogens with zero attached hydrogens (tertiary/aromatic N) is 2. The molecule has 0 saturated carbocycles. The van der Waals surface area contributed by atoms with Crippen LogP contribution in [0.5, 0.6) is 11.5 Å². The second-order valence-electron chi connectivity index (χ2n) is 8.03. The van der Waals surface area contributed by atoms with Gasteiger partial charge in [0.05, 0.1) is 18.2 Å². The van der Waals surface area contributed by atoms with Crippen molar-refractivity contribution >= 4 is 29.1 Å². The van der Waals surface area contributed by atoms with Crippen LogP contribution in [-0.2, 0) is 16.1 Å². The SMILES string of the molecule is C=CCOc1ccc(C2/C(=C(\O)c3ccc(Cl)cc3)C(=O)C(=O)N2Cc2ccncc2)cc1OCC. The van der Waals surface area contributed by atoms with Crippen LogP contribution in [0, 0.1) is 0 Å². The summed E-state index contributed by atoms with van der Waals surface area (Å²) in [5.41, 5.74) is 1.74. The number of ether oxygens (including phenoxy) is 2. The third kappa shape index (κ3) is 5.11. The molecule has 1 unspecified atom stereocenters. The maximum absolute atomic E-state index is 13.3. The summed E-state index contributed by atoms with van der Waals surface area (Å²) in [5, 5.41) is 11.7. The van der Waals surface area contributed by atoms with Gasteiger partial charge in [-0.05, 0) is 66.6 Å². The smallest absolute Gasteiger partial charge is 0.295 e. The van der Waals surface area contributed by atoms with Gasteiger partial charge in [0.1, 0.15) is 12.4 Å². The monoisotopic (exact) mass is 504 g/mol. The van der Waals surface area contributed by atoms with Gasteiger partial charge in [-0.2, -0.15) is 0 Å². The highest BCUT2D eigenvalue weighted by molar-refractivity contribution is 6.46. The number of Topliss-reactive ketones (excluding diaryl/α,β-unsaturated/α-hetero) is 1. The standard InChI is InChI=1S/C28H25ClN2O5/c1-3-15-36-22-10-7-20(16-23(22)35-4-2)25-24(26(32)19-5-8-21(29)9-6-19)27(33)28(34)31(25)17-18-11-13-30-14-12-18/h3,5-14,16,25,32H,1,4,15,17H2,2H3/b26-24+. The number of halogens is 1. The Balaban J connectivity index is 1.87. The van der Waals surface area contributed by atoms with E-state index in [1.54, 1.807) is 73.1 Å². The second kappa shape index (κ2) is 11.1. The van der Waals surface area contributed by atoms with Gasteiger partial charge in [0.2, 0.25) is 0 Å². The molecule has 1 aromatic heterocycles. The van der Waals surface area contributed by atoms with Gasteiger partial charge in [-0.15, -0.1) is 0 Å². The van der Waals surface area contributed by atoms with Crippen LogP contribution in [0.25, 0.3) is 5.76 Å². The van der Waals surface area contributed by atoms with Crippen molar-refractivity contribution in [2.75, 3.05) is 13.2 Å². The van der Waals surface area contributed by atoms with Crippen LogP contribution >= 0.6 is 11.6 Å². The molecule has 1 atom stereocenters. The van der Waals surface area contributed by atoms with Gasteiger partial charge in [0, 0.05) is 29.5 Å². The lowest BCUT2D eigenvalue weighted by molar-refractivity contribution is -0.140. The molecule has 1 amide bonds. The number of ketones is 1. The Morgan fingerprint density at radius 2 is 1.81 bits per heavy atom. The lowest BCUT2D eigenvalue weighted by Gasteiger charge is -2.26. The molecular formula is C28H25ClN2O5. The molecule has 4 rings (SSSR count). The van der Waals surface area contributed by atoms with Gasteiger partial charge >= 0.3 is 0 Å². The molecule has 36 heavy (non-hydrogen) atoms. The average Bonchev–Trinajstić information content (AvgIpc) is 3.13. The van der Waals surface area contributed by atoms with Gasteiger partial charge < -0.3 is 19.5 Å². The quantitative estimate of drug-likeness (QED) is 0.183. The van der Waals surface area contributed by atoms with Crippen LogP contribution in [0.1, 0.15) is 29.7 Å². The minimum Gasteiger partial charge on any atom is -0.507 e. The zero-order valence-electron chi connectivity index (χ0n) is 19.7. The Hall–Kier alpha value is -4.10. The van der Waals surface area contributed by atoms with Crippen LogP contribution in [-0.4, -0.2) is 39.9 Å². The fourth-order valence-electron chi connectivity index (χ4n) is 4.07. The van der Waals surface area contributed by atoms with Gasteiger partial charge in [-0.3, -0.25) is 14.6 Å². The molecule has 3 aromatic rings. The van der Waals surface area contributed by atoms with E-state index < -0.39 is 17.7 Å². The number of benzene rings is 2. The van der Waals surface area contributed by atoms with Crippen molar-refractivity contribution in [1.82, 2.24) is 9.88 Å². The lowest BCUT2D eigenvalue weighted by Crippen LogP contribution is -2.29. The van der Waals surface area contributed by atoms with Crippen LogP contribution in [0.3, 0.4) is 0 Å².